The third-order valence-corrected chi connectivity index (χ3v) is 4.10. The van der Waals surface area contributed by atoms with Crippen molar-refractivity contribution in [3.05, 3.63) is 70.4 Å². The summed E-state index contributed by atoms with van der Waals surface area (Å²) in [5.41, 5.74) is 3.52. The Labute approximate surface area is 153 Å². The number of rotatable bonds is 5. The van der Waals surface area contributed by atoms with Crippen molar-refractivity contribution in [2.75, 3.05) is 10.6 Å². The van der Waals surface area contributed by atoms with Gasteiger partial charge in [0.1, 0.15) is 11.6 Å². The fraction of sp³-hybridized carbons (Fsp3) is 0.200. The Balaban J connectivity index is 2.23. The van der Waals surface area contributed by atoms with Crippen molar-refractivity contribution in [1.29, 1.82) is 5.26 Å². The highest BCUT2D eigenvalue weighted by atomic mass is 35.5. The summed E-state index contributed by atoms with van der Waals surface area (Å²) in [6.45, 7) is 6.18. The Kier molecular flexibility index (Phi) is 6.21. The number of nitrogens with zero attached hydrogens (tertiary/aromatic N) is 1. The Morgan fingerprint density at radius 1 is 1.20 bits per heavy atom. The zero-order valence-electron chi connectivity index (χ0n) is 14.4. The predicted octanol–water partition coefficient (Wildman–Crippen LogP) is 5.23. The minimum atomic E-state index is -0.511. The first-order valence-corrected chi connectivity index (χ1v) is 8.34. The summed E-state index contributed by atoms with van der Waals surface area (Å²) < 4.78 is 0. The van der Waals surface area contributed by atoms with Crippen LogP contribution in [0.15, 0.2) is 54.2 Å². The van der Waals surface area contributed by atoms with E-state index in [-0.39, 0.29) is 5.57 Å². The minimum absolute atomic E-state index is 0.0297. The van der Waals surface area contributed by atoms with Crippen LogP contribution in [0, 0.1) is 18.3 Å². The zero-order chi connectivity index (χ0) is 18.4. The van der Waals surface area contributed by atoms with Crippen LogP contribution in [0.1, 0.15) is 30.9 Å². The van der Waals surface area contributed by atoms with Gasteiger partial charge in [0.15, 0.2) is 0 Å². The van der Waals surface area contributed by atoms with Gasteiger partial charge >= 0.3 is 0 Å². The van der Waals surface area contributed by atoms with Crippen molar-refractivity contribution >= 4 is 28.9 Å². The smallest absolute Gasteiger partial charge is 0.267 e. The molecule has 25 heavy (non-hydrogen) atoms. The van der Waals surface area contributed by atoms with Crippen LogP contribution in [-0.4, -0.2) is 5.91 Å². The molecule has 0 heterocycles. The standard InChI is InChI=1S/C20H20ClN3O/c1-13(2)16-8-6-7-14(3)19(16)23-12-15(11-22)20(25)24-18-10-5-4-9-17(18)21/h4-10,12-13,23H,1-3H3,(H,24,25)/b15-12-. The lowest BCUT2D eigenvalue weighted by molar-refractivity contribution is -0.112. The third kappa shape index (κ3) is 4.62. The van der Waals surface area contributed by atoms with E-state index in [1.54, 1.807) is 24.3 Å². The number of nitriles is 1. The van der Waals surface area contributed by atoms with Gasteiger partial charge in [0.05, 0.1) is 10.7 Å². The van der Waals surface area contributed by atoms with Gasteiger partial charge in [-0.15, -0.1) is 0 Å². The molecule has 0 saturated carbocycles. The highest BCUT2D eigenvalue weighted by molar-refractivity contribution is 6.33. The van der Waals surface area contributed by atoms with E-state index in [1.807, 2.05) is 31.2 Å². The molecule has 0 aliphatic rings. The zero-order valence-corrected chi connectivity index (χ0v) is 15.2. The maximum Gasteiger partial charge on any atom is 0.267 e. The average Bonchev–Trinajstić information content (AvgIpc) is 2.58. The summed E-state index contributed by atoms with van der Waals surface area (Å²) in [7, 11) is 0. The van der Waals surface area contributed by atoms with Crippen molar-refractivity contribution in [2.45, 2.75) is 26.7 Å². The molecule has 0 spiro atoms. The molecular weight excluding hydrogens is 334 g/mol. The molecule has 0 saturated heterocycles. The lowest BCUT2D eigenvalue weighted by atomic mass is 9.98. The van der Waals surface area contributed by atoms with E-state index >= 15 is 0 Å². The van der Waals surface area contributed by atoms with Crippen LogP contribution in [-0.2, 0) is 4.79 Å². The van der Waals surface area contributed by atoms with Crippen LogP contribution in [0.2, 0.25) is 5.02 Å². The van der Waals surface area contributed by atoms with E-state index in [1.165, 1.54) is 6.20 Å². The average molecular weight is 354 g/mol. The van der Waals surface area contributed by atoms with Crippen molar-refractivity contribution < 1.29 is 4.79 Å². The molecule has 0 unspecified atom stereocenters. The Morgan fingerprint density at radius 3 is 2.56 bits per heavy atom. The molecule has 0 fully saturated rings. The van der Waals surface area contributed by atoms with Crippen molar-refractivity contribution in [3.63, 3.8) is 0 Å². The van der Waals surface area contributed by atoms with Crippen LogP contribution in [0.5, 0.6) is 0 Å². The van der Waals surface area contributed by atoms with E-state index in [4.69, 9.17) is 11.6 Å². The number of para-hydroxylation sites is 2. The number of carbonyl (C=O) groups excluding carboxylic acids is 1. The van der Waals surface area contributed by atoms with Gasteiger partial charge in [-0.2, -0.15) is 5.26 Å². The Morgan fingerprint density at radius 2 is 1.92 bits per heavy atom. The lowest BCUT2D eigenvalue weighted by Crippen LogP contribution is -2.15. The summed E-state index contributed by atoms with van der Waals surface area (Å²) in [5.74, 6) is -0.193. The number of amides is 1. The summed E-state index contributed by atoms with van der Waals surface area (Å²) in [6.07, 6.45) is 1.43. The van der Waals surface area contributed by atoms with Crippen LogP contribution >= 0.6 is 11.6 Å². The topological polar surface area (TPSA) is 64.9 Å². The van der Waals surface area contributed by atoms with E-state index in [2.05, 4.69) is 24.5 Å². The number of hydrogen-bond donors (Lipinski definition) is 2. The van der Waals surface area contributed by atoms with Gasteiger partial charge in [0, 0.05) is 11.9 Å². The normalized spacial score (nSPS) is 11.1. The van der Waals surface area contributed by atoms with Crippen molar-refractivity contribution in [2.24, 2.45) is 0 Å². The molecule has 2 aromatic rings. The Bertz CT molecular complexity index is 850. The van der Waals surface area contributed by atoms with Crippen LogP contribution < -0.4 is 10.6 Å². The molecule has 0 radical (unpaired) electrons. The second kappa shape index (κ2) is 8.36. The summed E-state index contributed by atoms with van der Waals surface area (Å²) in [6, 6.07) is 14.8. The van der Waals surface area contributed by atoms with Gasteiger partial charge in [-0.3, -0.25) is 4.79 Å². The van der Waals surface area contributed by atoms with E-state index in [0.29, 0.717) is 16.6 Å². The fourth-order valence-electron chi connectivity index (χ4n) is 2.41. The maximum atomic E-state index is 12.3. The SMILES string of the molecule is Cc1cccc(C(C)C)c1N/C=C(/C#N)C(=O)Nc1ccccc1Cl. The summed E-state index contributed by atoms with van der Waals surface area (Å²) in [5, 5.41) is 15.5. The lowest BCUT2D eigenvalue weighted by Gasteiger charge is -2.15. The number of carbonyl (C=O) groups is 1. The van der Waals surface area contributed by atoms with Crippen LogP contribution in [0.25, 0.3) is 0 Å². The molecule has 0 bridgehead atoms. The van der Waals surface area contributed by atoms with Gasteiger partial charge in [-0.05, 0) is 36.1 Å². The second-order valence-corrected chi connectivity index (χ2v) is 6.35. The van der Waals surface area contributed by atoms with E-state index in [0.717, 1.165) is 16.8 Å². The molecule has 0 aliphatic carbocycles. The second-order valence-electron chi connectivity index (χ2n) is 5.94. The first-order valence-electron chi connectivity index (χ1n) is 7.96. The number of benzene rings is 2. The van der Waals surface area contributed by atoms with Crippen molar-refractivity contribution in [1.82, 2.24) is 0 Å². The van der Waals surface area contributed by atoms with Crippen LogP contribution in [0.4, 0.5) is 11.4 Å². The van der Waals surface area contributed by atoms with Crippen LogP contribution in [0.3, 0.4) is 0 Å². The monoisotopic (exact) mass is 353 g/mol. The van der Waals surface area contributed by atoms with E-state index < -0.39 is 5.91 Å². The summed E-state index contributed by atoms with van der Waals surface area (Å²) >= 11 is 6.03. The highest BCUT2D eigenvalue weighted by Gasteiger charge is 2.12. The molecule has 5 heteroatoms. The first-order chi connectivity index (χ1) is 11.9. The highest BCUT2D eigenvalue weighted by Crippen LogP contribution is 2.27. The molecule has 2 rings (SSSR count). The number of aryl methyl sites for hydroxylation is 1. The molecule has 0 aromatic heterocycles. The number of anilines is 2. The molecule has 128 valence electrons. The van der Waals surface area contributed by atoms with Gasteiger partial charge in [0.2, 0.25) is 0 Å². The van der Waals surface area contributed by atoms with Gasteiger partial charge in [-0.25, -0.2) is 0 Å². The number of halogens is 1. The molecule has 2 N–H and O–H groups in total. The molecule has 2 aromatic carbocycles. The number of nitrogens with one attached hydrogen (secondary N) is 2. The molecule has 1 amide bonds. The minimum Gasteiger partial charge on any atom is -0.360 e. The Hall–Kier alpha value is -2.77. The summed E-state index contributed by atoms with van der Waals surface area (Å²) in [4.78, 5) is 12.3. The van der Waals surface area contributed by atoms with Gasteiger partial charge in [-0.1, -0.05) is 55.8 Å². The third-order valence-electron chi connectivity index (χ3n) is 3.78. The van der Waals surface area contributed by atoms with Crippen molar-refractivity contribution in [3.8, 4) is 6.07 Å². The molecule has 4 nitrogen and oxygen atoms in total. The number of hydrogen-bond acceptors (Lipinski definition) is 3. The molecule has 0 aliphatic heterocycles. The maximum absolute atomic E-state index is 12.3. The van der Waals surface area contributed by atoms with E-state index in [9.17, 15) is 10.1 Å². The first kappa shape index (κ1) is 18.6. The molecule has 0 atom stereocenters. The quantitative estimate of drug-likeness (QED) is 0.571. The fourth-order valence-corrected chi connectivity index (χ4v) is 2.60. The molecular formula is C20H20ClN3O. The predicted molar refractivity (Wildman–Crippen MR) is 103 cm³/mol. The van der Waals surface area contributed by atoms with Gasteiger partial charge in [0.25, 0.3) is 5.91 Å². The largest absolute Gasteiger partial charge is 0.360 e. The van der Waals surface area contributed by atoms with Gasteiger partial charge < -0.3 is 10.6 Å².